The molecule has 2 N–H and O–H groups in total. The third kappa shape index (κ3) is 5.24. The van der Waals surface area contributed by atoms with Gasteiger partial charge in [0, 0.05) is 25.0 Å². The van der Waals surface area contributed by atoms with Gasteiger partial charge in [0.05, 0.1) is 33.3 Å². The van der Waals surface area contributed by atoms with Crippen LogP contribution >= 0.6 is 22.9 Å². The molecule has 1 atom stereocenters. The first kappa shape index (κ1) is 24.9. The summed E-state index contributed by atoms with van der Waals surface area (Å²) in [6.07, 6.45) is 1.43. The van der Waals surface area contributed by atoms with E-state index in [-0.39, 0.29) is 29.2 Å². The molecule has 4 rings (SSSR count). The zero-order valence-corrected chi connectivity index (χ0v) is 19.6. The third-order valence-electron chi connectivity index (χ3n) is 5.56. The molecule has 0 bridgehead atoms. The lowest BCUT2D eigenvalue weighted by atomic mass is 10.0. The van der Waals surface area contributed by atoms with E-state index < -0.39 is 41.8 Å². The van der Waals surface area contributed by atoms with Crippen LogP contribution in [0.4, 0.5) is 18.9 Å². The minimum Gasteiger partial charge on any atom is -0.325 e. The number of benzene rings is 1. The van der Waals surface area contributed by atoms with Crippen molar-refractivity contribution in [3.05, 3.63) is 74.3 Å². The minimum atomic E-state index is -2.76. The molecule has 1 saturated heterocycles. The number of anilines is 1. The summed E-state index contributed by atoms with van der Waals surface area (Å²) in [6.45, 7) is -0.624. The number of aromatic nitrogens is 2. The summed E-state index contributed by atoms with van der Waals surface area (Å²) in [5.74, 6) is -2.38. The van der Waals surface area contributed by atoms with Gasteiger partial charge in [0.1, 0.15) is 5.82 Å². The highest BCUT2D eigenvalue weighted by Gasteiger charge is 2.49. The Balaban J connectivity index is 1.63. The molecule has 1 aromatic carbocycles. The van der Waals surface area contributed by atoms with Crippen LogP contribution in [0.2, 0.25) is 4.34 Å². The van der Waals surface area contributed by atoms with E-state index in [9.17, 15) is 27.6 Å². The van der Waals surface area contributed by atoms with Crippen LogP contribution in [0.25, 0.3) is 5.69 Å². The molecule has 1 aliphatic heterocycles. The van der Waals surface area contributed by atoms with Crippen molar-refractivity contribution in [1.29, 1.82) is 0 Å². The smallest absolute Gasteiger partial charge is 0.273 e. The molecule has 184 valence electrons. The lowest BCUT2D eigenvalue weighted by molar-refractivity contribution is -0.129. The van der Waals surface area contributed by atoms with Gasteiger partial charge < -0.3 is 10.6 Å². The Labute approximate surface area is 206 Å². The van der Waals surface area contributed by atoms with Crippen LogP contribution in [0.3, 0.4) is 0 Å². The number of halogens is 4. The Kier molecular flexibility index (Phi) is 7.24. The van der Waals surface area contributed by atoms with Crippen LogP contribution in [-0.4, -0.2) is 51.4 Å². The maximum absolute atomic E-state index is 14.9. The van der Waals surface area contributed by atoms with Crippen LogP contribution in [0, 0.1) is 5.82 Å². The molecule has 0 saturated carbocycles. The monoisotopic (exact) mass is 525 g/mol. The average molecular weight is 526 g/mol. The highest BCUT2D eigenvalue weighted by atomic mass is 35.5. The Bertz CT molecular complexity index is 1320. The predicted molar refractivity (Wildman–Crippen MR) is 125 cm³/mol. The average Bonchev–Trinajstić information content (AvgIpc) is 3.42. The van der Waals surface area contributed by atoms with Crippen molar-refractivity contribution in [3.63, 3.8) is 0 Å². The quantitative estimate of drug-likeness (QED) is 0.492. The third-order valence-corrected chi connectivity index (χ3v) is 6.79. The number of amides is 2. The number of nitrogens with one attached hydrogen (secondary N) is 2. The summed E-state index contributed by atoms with van der Waals surface area (Å²) in [6, 6.07) is 6.66. The number of carbonyl (C=O) groups is 2. The molecule has 3 heterocycles. The molecule has 0 aliphatic carbocycles. The van der Waals surface area contributed by atoms with Gasteiger partial charge in [-0.15, -0.1) is 11.3 Å². The summed E-state index contributed by atoms with van der Waals surface area (Å²) in [5, 5.41) is 4.99. The summed E-state index contributed by atoms with van der Waals surface area (Å²) < 4.78 is 43.0. The number of hydrogen-bond donors (Lipinski definition) is 2. The van der Waals surface area contributed by atoms with Crippen molar-refractivity contribution in [2.24, 2.45) is 0 Å². The fraction of sp³-hybridized carbons (Fsp3) is 0.273. The maximum Gasteiger partial charge on any atom is 0.273 e. The first-order valence-corrected chi connectivity index (χ1v) is 11.6. The van der Waals surface area contributed by atoms with E-state index in [4.69, 9.17) is 11.6 Å². The lowest BCUT2D eigenvalue weighted by Crippen LogP contribution is -2.65. The summed E-state index contributed by atoms with van der Waals surface area (Å²) in [4.78, 5) is 43.3. The highest BCUT2D eigenvalue weighted by molar-refractivity contribution is 7.18. The molecule has 1 unspecified atom stereocenters. The van der Waals surface area contributed by atoms with E-state index in [1.165, 1.54) is 41.6 Å². The number of likely N-dealkylation sites (tertiary alicyclic amines) is 1. The second-order valence-corrected chi connectivity index (χ2v) is 9.48. The van der Waals surface area contributed by atoms with Crippen LogP contribution < -0.4 is 16.2 Å². The molecular formula is C22H19ClF3N5O3S. The van der Waals surface area contributed by atoms with E-state index in [0.29, 0.717) is 10.8 Å². The van der Waals surface area contributed by atoms with Gasteiger partial charge in [-0.1, -0.05) is 11.6 Å². The normalized spacial score (nSPS) is 18.1. The summed E-state index contributed by atoms with van der Waals surface area (Å²) in [5.41, 5.74) is -2.34. The number of thiophene rings is 1. The Morgan fingerprint density at radius 2 is 2.06 bits per heavy atom. The van der Waals surface area contributed by atoms with Crippen LogP contribution in [0.5, 0.6) is 0 Å². The Morgan fingerprint density at radius 3 is 2.71 bits per heavy atom. The number of nitrogens with zero attached hydrogens (tertiary/aromatic N) is 3. The van der Waals surface area contributed by atoms with E-state index in [1.807, 2.05) is 0 Å². The van der Waals surface area contributed by atoms with E-state index >= 15 is 0 Å². The van der Waals surface area contributed by atoms with Crippen molar-refractivity contribution in [3.8, 4) is 5.69 Å². The maximum atomic E-state index is 14.9. The lowest BCUT2D eigenvalue weighted by Gasteiger charge is -2.37. The zero-order chi connectivity index (χ0) is 25.2. The van der Waals surface area contributed by atoms with Gasteiger partial charge in [-0.25, -0.2) is 13.2 Å². The highest BCUT2D eigenvalue weighted by Crippen LogP contribution is 2.31. The largest absolute Gasteiger partial charge is 0.325 e. The van der Waals surface area contributed by atoms with Crippen molar-refractivity contribution in [1.82, 2.24) is 19.8 Å². The second kappa shape index (κ2) is 10.2. The van der Waals surface area contributed by atoms with Gasteiger partial charge in [-0.3, -0.25) is 28.8 Å². The minimum absolute atomic E-state index is 0.0442. The van der Waals surface area contributed by atoms with Gasteiger partial charge >= 0.3 is 0 Å². The molecule has 0 spiro atoms. The predicted octanol–water partition coefficient (Wildman–Crippen LogP) is 3.51. The molecule has 3 aromatic rings. The van der Waals surface area contributed by atoms with Gasteiger partial charge in [0.2, 0.25) is 0 Å². The standard InChI is InChI=1S/C22H19ClF3N5O3S/c23-17-5-4-16(35-17)20(33)29-22(6-1-8-30(22)12-18(25)26)21(34)28-15-3-2-13(10-14(15)24)31-9-7-27-11-19(31)32/h2-5,7,9-11,18H,1,6,8,12H2,(H,28,34)(H,29,33). The number of alkyl halides is 2. The first-order chi connectivity index (χ1) is 16.7. The van der Waals surface area contributed by atoms with Gasteiger partial charge in [-0.2, -0.15) is 0 Å². The van der Waals surface area contributed by atoms with Crippen LogP contribution in [0.1, 0.15) is 22.5 Å². The molecule has 13 heteroatoms. The van der Waals surface area contributed by atoms with Gasteiger partial charge in [-0.05, 0) is 37.1 Å². The van der Waals surface area contributed by atoms with Gasteiger partial charge in [0.15, 0.2) is 5.66 Å². The van der Waals surface area contributed by atoms with Gasteiger partial charge in [0.25, 0.3) is 23.8 Å². The van der Waals surface area contributed by atoms with Crippen LogP contribution in [-0.2, 0) is 4.79 Å². The fourth-order valence-electron chi connectivity index (χ4n) is 3.97. The van der Waals surface area contributed by atoms with Crippen molar-refractivity contribution < 1.29 is 22.8 Å². The number of hydrogen-bond acceptors (Lipinski definition) is 6. The van der Waals surface area contributed by atoms with E-state index in [2.05, 4.69) is 15.6 Å². The molecule has 35 heavy (non-hydrogen) atoms. The Hall–Kier alpha value is -3.22. The first-order valence-electron chi connectivity index (χ1n) is 10.4. The molecule has 1 aliphatic rings. The van der Waals surface area contributed by atoms with E-state index in [1.54, 1.807) is 0 Å². The molecule has 2 aromatic heterocycles. The zero-order valence-electron chi connectivity index (χ0n) is 18.0. The fourth-order valence-corrected chi connectivity index (χ4v) is 4.91. The topological polar surface area (TPSA) is 96.3 Å². The van der Waals surface area contributed by atoms with E-state index in [0.717, 1.165) is 28.2 Å². The number of carbonyl (C=O) groups excluding carboxylic acids is 2. The van der Waals surface area contributed by atoms with Crippen molar-refractivity contribution in [2.75, 3.05) is 18.4 Å². The second-order valence-electron chi connectivity index (χ2n) is 7.76. The molecule has 2 amide bonds. The molecule has 1 fully saturated rings. The van der Waals surface area contributed by atoms with Crippen LogP contribution in [0.15, 0.2) is 53.7 Å². The SMILES string of the molecule is O=C(NC1(C(=O)Nc2ccc(-n3ccncc3=O)cc2F)CCCN1CC(F)F)c1ccc(Cl)s1. The molecular weight excluding hydrogens is 507 g/mol. The number of rotatable bonds is 7. The Morgan fingerprint density at radius 1 is 1.26 bits per heavy atom. The van der Waals surface area contributed by atoms with Crippen molar-refractivity contribution in [2.45, 2.75) is 24.9 Å². The molecule has 0 radical (unpaired) electrons. The summed E-state index contributed by atoms with van der Waals surface area (Å²) in [7, 11) is 0. The summed E-state index contributed by atoms with van der Waals surface area (Å²) >= 11 is 6.87. The van der Waals surface area contributed by atoms with Crippen molar-refractivity contribution >= 4 is 40.4 Å². The molecule has 8 nitrogen and oxygen atoms in total.